The maximum Gasteiger partial charge on any atom is 0.251 e. The van der Waals surface area contributed by atoms with Crippen LogP contribution in [-0.4, -0.2) is 25.5 Å². The molecule has 0 radical (unpaired) electrons. The number of carbonyl (C=O) groups excluding carboxylic acids is 1. The zero-order chi connectivity index (χ0) is 13.9. The Balaban J connectivity index is 1.95. The van der Waals surface area contributed by atoms with Crippen molar-refractivity contribution in [1.29, 1.82) is 0 Å². The van der Waals surface area contributed by atoms with E-state index in [2.05, 4.69) is 17.6 Å². The van der Waals surface area contributed by atoms with Crippen molar-refractivity contribution in [3.05, 3.63) is 35.1 Å². The third-order valence-electron chi connectivity index (χ3n) is 3.78. The minimum atomic E-state index is -0.278. The fraction of sp³-hybridized carbons (Fsp3) is 0.533. The smallest absolute Gasteiger partial charge is 0.251 e. The van der Waals surface area contributed by atoms with Crippen LogP contribution in [0.5, 0.6) is 0 Å². The minimum absolute atomic E-state index is 0.114. The first-order chi connectivity index (χ1) is 9.00. The van der Waals surface area contributed by atoms with Gasteiger partial charge in [0.25, 0.3) is 5.91 Å². The van der Waals surface area contributed by atoms with Gasteiger partial charge in [0.2, 0.25) is 0 Å². The summed E-state index contributed by atoms with van der Waals surface area (Å²) in [5, 5.41) is 6.31. The first-order valence-electron chi connectivity index (χ1n) is 6.75. The largest absolute Gasteiger partial charge is 0.351 e. The van der Waals surface area contributed by atoms with Crippen LogP contribution < -0.4 is 10.6 Å². The summed E-state index contributed by atoms with van der Waals surface area (Å²) in [4.78, 5) is 12.0. The maximum atomic E-state index is 13.2. The van der Waals surface area contributed by atoms with Gasteiger partial charge in [0.15, 0.2) is 0 Å². The van der Waals surface area contributed by atoms with E-state index in [4.69, 9.17) is 0 Å². The number of hydrogen-bond donors (Lipinski definition) is 2. The lowest BCUT2D eigenvalue weighted by Crippen LogP contribution is -2.45. The van der Waals surface area contributed by atoms with Gasteiger partial charge < -0.3 is 10.6 Å². The van der Waals surface area contributed by atoms with E-state index in [-0.39, 0.29) is 17.1 Å². The number of nitrogens with one attached hydrogen (secondary N) is 2. The predicted molar refractivity (Wildman–Crippen MR) is 73.7 cm³/mol. The summed E-state index contributed by atoms with van der Waals surface area (Å²) in [5.41, 5.74) is 1.13. The standard InChI is InChI=1S/C15H21FN2O/c1-11-8-12(4-5-13(11)16)14(19)18-10-15(2)6-3-7-17-9-15/h4-5,8,17H,3,6-7,9-10H2,1-2H3,(H,18,19). The monoisotopic (exact) mass is 264 g/mol. The summed E-state index contributed by atoms with van der Waals surface area (Å²) in [5.74, 6) is -0.408. The molecule has 1 heterocycles. The fourth-order valence-electron chi connectivity index (χ4n) is 2.45. The number of amides is 1. The van der Waals surface area contributed by atoms with Crippen molar-refractivity contribution in [1.82, 2.24) is 10.6 Å². The SMILES string of the molecule is Cc1cc(C(=O)NCC2(C)CCCNC2)ccc1F. The molecule has 1 atom stereocenters. The van der Waals surface area contributed by atoms with Crippen molar-refractivity contribution in [3.8, 4) is 0 Å². The molecule has 1 aliphatic heterocycles. The van der Waals surface area contributed by atoms with E-state index < -0.39 is 0 Å². The van der Waals surface area contributed by atoms with Crippen LogP contribution in [0.4, 0.5) is 4.39 Å². The Morgan fingerprint density at radius 1 is 1.53 bits per heavy atom. The normalized spacial score (nSPS) is 23.1. The van der Waals surface area contributed by atoms with Gasteiger partial charge in [0.05, 0.1) is 0 Å². The topological polar surface area (TPSA) is 41.1 Å². The minimum Gasteiger partial charge on any atom is -0.351 e. The van der Waals surface area contributed by atoms with Crippen LogP contribution in [0, 0.1) is 18.2 Å². The molecule has 0 spiro atoms. The lowest BCUT2D eigenvalue weighted by molar-refractivity contribution is 0.0924. The van der Waals surface area contributed by atoms with E-state index in [1.807, 2.05) is 0 Å². The molecule has 2 rings (SSSR count). The lowest BCUT2D eigenvalue weighted by Gasteiger charge is -2.34. The maximum absolute atomic E-state index is 13.2. The van der Waals surface area contributed by atoms with Crippen LogP contribution in [0.1, 0.15) is 35.7 Å². The zero-order valence-electron chi connectivity index (χ0n) is 11.6. The van der Waals surface area contributed by atoms with Crippen molar-refractivity contribution in [2.45, 2.75) is 26.7 Å². The second-order valence-corrected chi connectivity index (χ2v) is 5.74. The van der Waals surface area contributed by atoms with E-state index in [1.54, 1.807) is 13.0 Å². The number of piperidine rings is 1. The van der Waals surface area contributed by atoms with E-state index >= 15 is 0 Å². The van der Waals surface area contributed by atoms with Crippen LogP contribution in [0.2, 0.25) is 0 Å². The Kier molecular flexibility index (Phi) is 4.20. The summed E-state index contributed by atoms with van der Waals surface area (Å²) in [6, 6.07) is 4.46. The molecule has 104 valence electrons. The van der Waals surface area contributed by atoms with Gasteiger partial charge in [-0.3, -0.25) is 4.79 Å². The van der Waals surface area contributed by atoms with Crippen LogP contribution in [0.3, 0.4) is 0 Å². The molecule has 1 unspecified atom stereocenters. The molecular weight excluding hydrogens is 243 g/mol. The Bertz CT molecular complexity index is 467. The molecule has 0 aliphatic carbocycles. The quantitative estimate of drug-likeness (QED) is 0.879. The number of rotatable bonds is 3. The molecule has 1 aliphatic rings. The number of carbonyl (C=O) groups is 1. The highest BCUT2D eigenvalue weighted by molar-refractivity contribution is 5.94. The molecule has 3 nitrogen and oxygen atoms in total. The predicted octanol–water partition coefficient (Wildman–Crippen LogP) is 2.25. The van der Waals surface area contributed by atoms with Crippen LogP contribution in [0.15, 0.2) is 18.2 Å². The van der Waals surface area contributed by atoms with Crippen LogP contribution in [-0.2, 0) is 0 Å². The first-order valence-corrected chi connectivity index (χ1v) is 6.75. The van der Waals surface area contributed by atoms with Gasteiger partial charge in [0, 0.05) is 18.7 Å². The number of aryl methyl sites for hydroxylation is 1. The summed E-state index contributed by atoms with van der Waals surface area (Å²) >= 11 is 0. The summed E-state index contributed by atoms with van der Waals surface area (Å²) in [7, 11) is 0. The van der Waals surface area contributed by atoms with Crippen molar-refractivity contribution in [2.75, 3.05) is 19.6 Å². The molecule has 0 bridgehead atoms. The molecule has 2 N–H and O–H groups in total. The summed E-state index contributed by atoms with van der Waals surface area (Å²) in [6.07, 6.45) is 2.25. The molecule has 1 fully saturated rings. The fourth-order valence-corrected chi connectivity index (χ4v) is 2.45. The molecule has 19 heavy (non-hydrogen) atoms. The molecule has 4 heteroatoms. The van der Waals surface area contributed by atoms with Gasteiger partial charge in [-0.25, -0.2) is 4.39 Å². The number of halogens is 1. The van der Waals surface area contributed by atoms with Gasteiger partial charge in [0.1, 0.15) is 5.82 Å². The highest BCUT2D eigenvalue weighted by Crippen LogP contribution is 2.24. The second kappa shape index (κ2) is 5.70. The third-order valence-corrected chi connectivity index (χ3v) is 3.78. The second-order valence-electron chi connectivity index (χ2n) is 5.74. The van der Waals surface area contributed by atoms with E-state index in [1.165, 1.54) is 12.1 Å². The highest BCUT2D eigenvalue weighted by atomic mass is 19.1. The third kappa shape index (κ3) is 3.53. The molecule has 0 saturated carbocycles. The summed E-state index contributed by atoms with van der Waals surface area (Å²) < 4.78 is 13.2. The average molecular weight is 264 g/mol. The van der Waals surface area contributed by atoms with Crippen molar-refractivity contribution >= 4 is 5.91 Å². The average Bonchev–Trinajstić information content (AvgIpc) is 2.40. The first kappa shape index (κ1) is 14.0. The van der Waals surface area contributed by atoms with Crippen molar-refractivity contribution < 1.29 is 9.18 Å². The Labute approximate surface area is 113 Å². The Morgan fingerprint density at radius 2 is 2.32 bits per heavy atom. The molecular formula is C15H21FN2O. The summed E-state index contributed by atoms with van der Waals surface area (Å²) in [6.45, 7) is 6.47. The molecule has 1 amide bonds. The van der Waals surface area contributed by atoms with Gasteiger partial charge in [-0.05, 0) is 55.5 Å². The highest BCUT2D eigenvalue weighted by Gasteiger charge is 2.27. The van der Waals surface area contributed by atoms with E-state index in [9.17, 15) is 9.18 Å². The van der Waals surface area contributed by atoms with Gasteiger partial charge >= 0.3 is 0 Å². The van der Waals surface area contributed by atoms with Crippen LogP contribution >= 0.6 is 0 Å². The molecule has 1 saturated heterocycles. The van der Waals surface area contributed by atoms with Gasteiger partial charge in [-0.1, -0.05) is 6.92 Å². The molecule has 1 aromatic rings. The molecule has 0 aromatic heterocycles. The van der Waals surface area contributed by atoms with Gasteiger partial charge in [-0.15, -0.1) is 0 Å². The number of hydrogen-bond acceptors (Lipinski definition) is 2. The molecule has 1 aromatic carbocycles. The van der Waals surface area contributed by atoms with Crippen molar-refractivity contribution in [2.24, 2.45) is 5.41 Å². The van der Waals surface area contributed by atoms with Gasteiger partial charge in [-0.2, -0.15) is 0 Å². The van der Waals surface area contributed by atoms with E-state index in [0.29, 0.717) is 17.7 Å². The lowest BCUT2D eigenvalue weighted by atomic mass is 9.83. The zero-order valence-corrected chi connectivity index (χ0v) is 11.6. The Hall–Kier alpha value is -1.42. The number of benzene rings is 1. The van der Waals surface area contributed by atoms with Crippen molar-refractivity contribution in [3.63, 3.8) is 0 Å². The van der Waals surface area contributed by atoms with Crippen LogP contribution in [0.25, 0.3) is 0 Å². The Morgan fingerprint density at radius 3 is 2.95 bits per heavy atom. The van der Waals surface area contributed by atoms with E-state index in [0.717, 1.165) is 25.9 Å².